The number of carbonyl (C=O) groups excluding carboxylic acids is 3. The van der Waals surface area contributed by atoms with E-state index in [1.54, 1.807) is 49.4 Å². The van der Waals surface area contributed by atoms with Gasteiger partial charge in [-0.05, 0) is 56.3 Å². The van der Waals surface area contributed by atoms with Crippen LogP contribution in [0.1, 0.15) is 24.2 Å². The van der Waals surface area contributed by atoms with Crippen LogP contribution in [0.5, 0.6) is 5.75 Å². The number of benzene rings is 2. The van der Waals surface area contributed by atoms with E-state index in [1.807, 2.05) is 0 Å². The maximum atomic E-state index is 12.2. The summed E-state index contributed by atoms with van der Waals surface area (Å²) >= 11 is 0. The van der Waals surface area contributed by atoms with Crippen LogP contribution in [0.25, 0.3) is 16.7 Å². The van der Waals surface area contributed by atoms with Crippen LogP contribution in [-0.2, 0) is 19.1 Å². The smallest absolute Gasteiger partial charge is 0.338 e. The van der Waals surface area contributed by atoms with Crippen LogP contribution in [0.15, 0.2) is 66.8 Å². The topological polar surface area (TPSA) is 110 Å². The standard InChI is InChI=1S/C23H21N3O6/c1-14(2)21(27)30-11-12-31-23(29)16-5-10-19-20(13-16)25-26(24-19)17-6-8-18(9-7-17)32-22(28)15(3)4/h5-10,13H,1,3,11-12H2,2,4H3. The van der Waals surface area contributed by atoms with Gasteiger partial charge in [0, 0.05) is 11.1 Å². The molecule has 0 bridgehead atoms. The second-order valence-electron chi connectivity index (χ2n) is 6.91. The van der Waals surface area contributed by atoms with Crippen molar-refractivity contribution in [2.75, 3.05) is 13.2 Å². The van der Waals surface area contributed by atoms with Crippen molar-refractivity contribution in [3.05, 3.63) is 72.3 Å². The number of esters is 3. The molecule has 0 fully saturated rings. The number of fused-ring (bicyclic) bond motifs is 1. The number of aromatic nitrogens is 3. The summed E-state index contributed by atoms with van der Waals surface area (Å²) in [6, 6.07) is 11.4. The normalized spacial score (nSPS) is 10.4. The molecule has 1 heterocycles. The van der Waals surface area contributed by atoms with Gasteiger partial charge in [0.1, 0.15) is 30.0 Å². The number of carbonyl (C=O) groups is 3. The average molecular weight is 435 g/mol. The number of rotatable bonds is 8. The van der Waals surface area contributed by atoms with Crippen LogP contribution >= 0.6 is 0 Å². The van der Waals surface area contributed by atoms with E-state index in [0.717, 1.165) is 0 Å². The van der Waals surface area contributed by atoms with Gasteiger partial charge in [0.25, 0.3) is 0 Å². The van der Waals surface area contributed by atoms with Crippen LogP contribution in [0.3, 0.4) is 0 Å². The minimum atomic E-state index is -0.573. The lowest BCUT2D eigenvalue weighted by Crippen LogP contribution is -2.14. The number of ether oxygens (including phenoxy) is 3. The van der Waals surface area contributed by atoms with Gasteiger partial charge in [-0.25, -0.2) is 14.4 Å². The molecule has 0 aliphatic carbocycles. The zero-order valence-electron chi connectivity index (χ0n) is 17.7. The molecule has 9 nitrogen and oxygen atoms in total. The zero-order valence-corrected chi connectivity index (χ0v) is 17.7. The summed E-state index contributed by atoms with van der Waals surface area (Å²) in [5, 5.41) is 8.76. The summed E-state index contributed by atoms with van der Waals surface area (Å²) in [4.78, 5) is 36.5. The highest BCUT2D eigenvalue weighted by molar-refractivity contribution is 5.93. The van der Waals surface area contributed by atoms with Crippen LogP contribution < -0.4 is 4.74 Å². The van der Waals surface area contributed by atoms with Gasteiger partial charge in [-0.15, -0.1) is 10.2 Å². The predicted molar refractivity (Wildman–Crippen MR) is 115 cm³/mol. The van der Waals surface area contributed by atoms with Crippen LogP contribution in [0, 0.1) is 0 Å². The number of hydrogen-bond acceptors (Lipinski definition) is 8. The van der Waals surface area contributed by atoms with Gasteiger partial charge in [-0.1, -0.05) is 13.2 Å². The van der Waals surface area contributed by atoms with Crippen molar-refractivity contribution in [3.8, 4) is 11.4 Å². The Bertz CT molecular complexity index is 1210. The highest BCUT2D eigenvalue weighted by atomic mass is 16.6. The summed E-state index contributed by atoms with van der Waals surface area (Å²) in [6.45, 7) is 9.97. The third kappa shape index (κ3) is 5.45. The van der Waals surface area contributed by atoms with E-state index in [1.165, 1.54) is 11.7 Å². The highest BCUT2D eigenvalue weighted by Gasteiger charge is 2.12. The molecule has 0 aliphatic heterocycles. The second kappa shape index (κ2) is 9.69. The van der Waals surface area contributed by atoms with Gasteiger partial charge in [-0.2, -0.15) is 4.80 Å². The lowest BCUT2D eigenvalue weighted by Gasteiger charge is -2.06. The van der Waals surface area contributed by atoms with Gasteiger partial charge >= 0.3 is 17.9 Å². The maximum Gasteiger partial charge on any atom is 0.338 e. The molecule has 0 amide bonds. The fourth-order valence-electron chi connectivity index (χ4n) is 2.47. The fourth-order valence-corrected chi connectivity index (χ4v) is 2.47. The number of nitrogens with zero attached hydrogens (tertiary/aromatic N) is 3. The van der Waals surface area contributed by atoms with E-state index < -0.39 is 17.9 Å². The van der Waals surface area contributed by atoms with Gasteiger partial charge in [0.2, 0.25) is 0 Å². The first-order valence-corrected chi connectivity index (χ1v) is 9.59. The Kier molecular flexibility index (Phi) is 6.79. The Balaban J connectivity index is 1.66. The number of hydrogen-bond donors (Lipinski definition) is 0. The van der Waals surface area contributed by atoms with Crippen LogP contribution in [0.2, 0.25) is 0 Å². The molecular formula is C23H21N3O6. The first-order chi connectivity index (χ1) is 15.2. The van der Waals surface area contributed by atoms with Crippen molar-refractivity contribution in [3.63, 3.8) is 0 Å². The molecule has 1 aromatic heterocycles. The SMILES string of the molecule is C=C(C)C(=O)OCCOC(=O)c1ccc2nn(-c3ccc(OC(=O)C(=C)C)cc3)nc2c1. The molecule has 0 aliphatic rings. The van der Waals surface area contributed by atoms with E-state index in [0.29, 0.717) is 28.0 Å². The quantitative estimate of drug-likeness (QED) is 0.230. The van der Waals surface area contributed by atoms with Crippen LogP contribution in [-0.4, -0.2) is 46.1 Å². The molecule has 0 saturated carbocycles. The average Bonchev–Trinajstić information content (AvgIpc) is 3.20. The Labute approximate surface area is 183 Å². The molecule has 9 heteroatoms. The van der Waals surface area contributed by atoms with Crippen molar-refractivity contribution < 1.29 is 28.6 Å². The molecule has 0 radical (unpaired) electrons. The Morgan fingerprint density at radius 3 is 2.12 bits per heavy atom. The molecule has 164 valence electrons. The van der Waals surface area contributed by atoms with Crippen LogP contribution in [0.4, 0.5) is 0 Å². The zero-order chi connectivity index (χ0) is 23.3. The van der Waals surface area contributed by atoms with Crippen molar-refractivity contribution in [2.45, 2.75) is 13.8 Å². The third-order valence-electron chi connectivity index (χ3n) is 4.14. The maximum absolute atomic E-state index is 12.2. The van der Waals surface area contributed by atoms with Gasteiger partial charge < -0.3 is 14.2 Å². The molecule has 3 aromatic rings. The molecule has 2 aromatic carbocycles. The van der Waals surface area contributed by atoms with Gasteiger partial charge in [0.05, 0.1) is 11.3 Å². The van der Waals surface area contributed by atoms with E-state index in [-0.39, 0.29) is 24.4 Å². The molecule has 0 N–H and O–H groups in total. The van der Waals surface area contributed by atoms with Crippen molar-refractivity contribution >= 4 is 28.9 Å². The monoisotopic (exact) mass is 435 g/mol. The van der Waals surface area contributed by atoms with Crippen molar-refractivity contribution in [1.82, 2.24) is 15.0 Å². The summed E-state index contributed by atoms with van der Waals surface area (Å²) in [7, 11) is 0. The summed E-state index contributed by atoms with van der Waals surface area (Å²) < 4.78 is 15.2. The molecule has 0 atom stereocenters. The Morgan fingerprint density at radius 2 is 1.47 bits per heavy atom. The first kappa shape index (κ1) is 22.4. The summed E-state index contributed by atoms with van der Waals surface area (Å²) in [5.41, 5.74) is 2.57. The van der Waals surface area contributed by atoms with Crippen molar-refractivity contribution in [1.29, 1.82) is 0 Å². The van der Waals surface area contributed by atoms with E-state index in [9.17, 15) is 14.4 Å². The second-order valence-corrected chi connectivity index (χ2v) is 6.91. The lowest BCUT2D eigenvalue weighted by molar-refractivity contribution is -0.140. The molecule has 0 spiro atoms. The minimum Gasteiger partial charge on any atom is -0.459 e. The van der Waals surface area contributed by atoms with Gasteiger partial charge in [-0.3, -0.25) is 0 Å². The Morgan fingerprint density at radius 1 is 0.844 bits per heavy atom. The van der Waals surface area contributed by atoms with Gasteiger partial charge in [0.15, 0.2) is 0 Å². The predicted octanol–water partition coefficient (Wildman–Crippen LogP) is 3.18. The lowest BCUT2D eigenvalue weighted by atomic mass is 10.2. The molecule has 3 rings (SSSR count). The summed E-state index contributed by atoms with van der Waals surface area (Å²) in [5.74, 6) is -1.25. The summed E-state index contributed by atoms with van der Waals surface area (Å²) in [6.07, 6.45) is 0. The Hall–Kier alpha value is -4.27. The van der Waals surface area contributed by atoms with E-state index in [2.05, 4.69) is 23.4 Å². The largest absolute Gasteiger partial charge is 0.459 e. The van der Waals surface area contributed by atoms with Crippen molar-refractivity contribution in [2.24, 2.45) is 0 Å². The fraction of sp³-hybridized carbons (Fsp3) is 0.174. The molecule has 0 unspecified atom stereocenters. The molecule has 0 saturated heterocycles. The minimum absolute atomic E-state index is 0.0620. The highest BCUT2D eigenvalue weighted by Crippen LogP contribution is 2.18. The first-order valence-electron chi connectivity index (χ1n) is 9.59. The van der Waals surface area contributed by atoms with E-state index >= 15 is 0 Å². The third-order valence-corrected chi connectivity index (χ3v) is 4.14. The molecular weight excluding hydrogens is 414 g/mol. The molecule has 32 heavy (non-hydrogen) atoms. The van der Waals surface area contributed by atoms with E-state index in [4.69, 9.17) is 14.2 Å².